The summed E-state index contributed by atoms with van der Waals surface area (Å²) in [5.41, 5.74) is 7.18. The third kappa shape index (κ3) is 3.36. The van der Waals surface area contributed by atoms with E-state index >= 15 is 0 Å². The quantitative estimate of drug-likeness (QED) is 0.895. The van der Waals surface area contributed by atoms with Crippen LogP contribution < -0.4 is 10.5 Å². The third-order valence-electron chi connectivity index (χ3n) is 2.78. The molecule has 2 N–H and O–H groups in total. The van der Waals surface area contributed by atoms with E-state index in [4.69, 9.17) is 15.2 Å². The van der Waals surface area contributed by atoms with Crippen LogP contribution in [0, 0.1) is 5.82 Å². The van der Waals surface area contributed by atoms with E-state index in [1.807, 2.05) is 18.2 Å². The highest BCUT2D eigenvalue weighted by Crippen LogP contribution is 2.31. The molecule has 0 fully saturated rings. The standard InChI is InChI=1S/C15H15BrFNO2/c1-19-9-10-3-2-4-12(7-10)20-13-6-5-11(8-18)14(16)15(13)17/h2-7H,8-9,18H2,1H3. The molecule has 0 aromatic heterocycles. The largest absolute Gasteiger partial charge is 0.454 e. The minimum atomic E-state index is -0.454. The van der Waals surface area contributed by atoms with Gasteiger partial charge in [-0.3, -0.25) is 0 Å². The van der Waals surface area contributed by atoms with Gasteiger partial charge in [-0.15, -0.1) is 0 Å². The highest BCUT2D eigenvalue weighted by molar-refractivity contribution is 9.10. The van der Waals surface area contributed by atoms with Gasteiger partial charge in [0.2, 0.25) is 0 Å². The second-order valence-corrected chi connectivity index (χ2v) is 5.03. The topological polar surface area (TPSA) is 44.5 Å². The van der Waals surface area contributed by atoms with E-state index in [0.717, 1.165) is 5.56 Å². The average Bonchev–Trinajstić information content (AvgIpc) is 2.45. The molecule has 0 bridgehead atoms. The molecule has 3 nitrogen and oxygen atoms in total. The third-order valence-corrected chi connectivity index (χ3v) is 3.64. The number of nitrogens with two attached hydrogens (primary N) is 1. The first kappa shape index (κ1) is 15.0. The summed E-state index contributed by atoms with van der Waals surface area (Å²) < 4.78 is 25.1. The Morgan fingerprint density at radius 3 is 2.75 bits per heavy atom. The van der Waals surface area contributed by atoms with E-state index in [9.17, 15) is 4.39 Å². The van der Waals surface area contributed by atoms with Crippen molar-refractivity contribution in [2.45, 2.75) is 13.2 Å². The van der Waals surface area contributed by atoms with Crippen LogP contribution in [-0.4, -0.2) is 7.11 Å². The second kappa shape index (κ2) is 6.83. The predicted molar refractivity (Wildman–Crippen MR) is 79.2 cm³/mol. The summed E-state index contributed by atoms with van der Waals surface area (Å²) in [6.45, 7) is 0.747. The zero-order valence-corrected chi connectivity index (χ0v) is 12.6. The van der Waals surface area contributed by atoms with Gasteiger partial charge in [-0.25, -0.2) is 4.39 Å². The van der Waals surface area contributed by atoms with Gasteiger partial charge in [-0.1, -0.05) is 18.2 Å². The van der Waals surface area contributed by atoms with E-state index in [2.05, 4.69) is 15.9 Å². The Kier molecular flexibility index (Phi) is 5.11. The van der Waals surface area contributed by atoms with Gasteiger partial charge in [0.1, 0.15) is 5.75 Å². The fraction of sp³-hybridized carbons (Fsp3) is 0.200. The number of methoxy groups -OCH3 is 1. The lowest BCUT2D eigenvalue weighted by molar-refractivity contribution is 0.184. The molecule has 2 aromatic rings. The highest BCUT2D eigenvalue weighted by Gasteiger charge is 2.12. The van der Waals surface area contributed by atoms with Gasteiger partial charge in [-0.05, 0) is 45.3 Å². The van der Waals surface area contributed by atoms with Crippen LogP contribution in [-0.2, 0) is 17.9 Å². The van der Waals surface area contributed by atoms with Gasteiger partial charge in [0, 0.05) is 13.7 Å². The molecule has 0 spiro atoms. The van der Waals surface area contributed by atoms with Crippen LogP contribution in [0.5, 0.6) is 11.5 Å². The maximum absolute atomic E-state index is 14.1. The molecular formula is C15H15BrFNO2. The Morgan fingerprint density at radius 2 is 2.05 bits per heavy atom. The van der Waals surface area contributed by atoms with Crippen molar-refractivity contribution in [2.24, 2.45) is 5.73 Å². The lowest BCUT2D eigenvalue weighted by Gasteiger charge is -2.11. The smallest absolute Gasteiger partial charge is 0.180 e. The van der Waals surface area contributed by atoms with Crippen LogP contribution >= 0.6 is 15.9 Å². The maximum Gasteiger partial charge on any atom is 0.180 e. The molecule has 5 heteroatoms. The van der Waals surface area contributed by atoms with Gasteiger partial charge in [0.15, 0.2) is 11.6 Å². The Bertz CT molecular complexity index is 604. The fourth-order valence-corrected chi connectivity index (χ4v) is 2.29. The van der Waals surface area contributed by atoms with Crippen LogP contribution in [0.4, 0.5) is 4.39 Å². The Balaban J connectivity index is 2.26. The van der Waals surface area contributed by atoms with Crippen molar-refractivity contribution >= 4 is 15.9 Å². The van der Waals surface area contributed by atoms with Crippen LogP contribution in [0.25, 0.3) is 0 Å². The van der Waals surface area contributed by atoms with E-state index < -0.39 is 5.82 Å². The number of halogens is 2. The molecule has 0 aliphatic rings. The highest BCUT2D eigenvalue weighted by atomic mass is 79.9. The Morgan fingerprint density at radius 1 is 1.25 bits per heavy atom. The summed E-state index contributed by atoms with van der Waals surface area (Å²) in [5, 5.41) is 0. The lowest BCUT2D eigenvalue weighted by Crippen LogP contribution is -2.00. The van der Waals surface area contributed by atoms with Crippen molar-refractivity contribution in [3.8, 4) is 11.5 Å². The molecule has 0 radical (unpaired) electrons. The average molecular weight is 340 g/mol. The molecular weight excluding hydrogens is 325 g/mol. The molecule has 0 aliphatic carbocycles. The van der Waals surface area contributed by atoms with Crippen molar-refractivity contribution in [1.82, 2.24) is 0 Å². The predicted octanol–water partition coefficient (Wildman–Crippen LogP) is 3.99. The van der Waals surface area contributed by atoms with Gasteiger partial charge in [-0.2, -0.15) is 0 Å². The normalized spacial score (nSPS) is 10.6. The molecule has 0 saturated heterocycles. The zero-order valence-electron chi connectivity index (χ0n) is 11.0. The van der Waals surface area contributed by atoms with E-state index in [1.54, 1.807) is 25.3 Å². The number of benzene rings is 2. The molecule has 2 rings (SSSR count). The molecule has 0 saturated carbocycles. The minimum absolute atomic E-state index is 0.156. The fourth-order valence-electron chi connectivity index (χ4n) is 1.80. The lowest BCUT2D eigenvalue weighted by atomic mass is 10.2. The Hall–Kier alpha value is -1.43. The van der Waals surface area contributed by atoms with Crippen molar-refractivity contribution in [1.29, 1.82) is 0 Å². The Labute approximate surface area is 125 Å². The van der Waals surface area contributed by atoms with Crippen LogP contribution in [0.15, 0.2) is 40.9 Å². The van der Waals surface area contributed by atoms with Crippen molar-refractivity contribution in [2.75, 3.05) is 7.11 Å². The van der Waals surface area contributed by atoms with Gasteiger partial charge < -0.3 is 15.2 Å². The summed E-state index contributed by atoms with van der Waals surface area (Å²) in [6, 6.07) is 10.6. The SMILES string of the molecule is COCc1cccc(Oc2ccc(CN)c(Br)c2F)c1. The van der Waals surface area contributed by atoms with E-state index in [1.165, 1.54) is 0 Å². The molecule has 2 aromatic carbocycles. The van der Waals surface area contributed by atoms with Crippen LogP contribution in [0.3, 0.4) is 0 Å². The number of ether oxygens (including phenoxy) is 2. The summed E-state index contributed by atoms with van der Waals surface area (Å²) in [6.07, 6.45) is 0. The van der Waals surface area contributed by atoms with Crippen LogP contribution in [0.1, 0.15) is 11.1 Å². The maximum atomic E-state index is 14.1. The van der Waals surface area contributed by atoms with E-state index in [-0.39, 0.29) is 12.3 Å². The first-order valence-electron chi connectivity index (χ1n) is 6.08. The summed E-state index contributed by atoms with van der Waals surface area (Å²) in [4.78, 5) is 0. The van der Waals surface area contributed by atoms with Crippen molar-refractivity contribution in [3.63, 3.8) is 0 Å². The zero-order chi connectivity index (χ0) is 14.5. The van der Waals surface area contributed by atoms with Gasteiger partial charge >= 0.3 is 0 Å². The van der Waals surface area contributed by atoms with Crippen LogP contribution in [0.2, 0.25) is 0 Å². The number of hydrogen-bond donors (Lipinski definition) is 1. The van der Waals surface area contributed by atoms with Gasteiger partial charge in [0.25, 0.3) is 0 Å². The number of rotatable bonds is 5. The summed E-state index contributed by atoms with van der Waals surface area (Å²) >= 11 is 3.19. The molecule has 0 unspecified atom stereocenters. The minimum Gasteiger partial charge on any atom is -0.454 e. The molecule has 0 heterocycles. The molecule has 0 amide bonds. The first-order chi connectivity index (χ1) is 9.65. The van der Waals surface area contributed by atoms with E-state index in [0.29, 0.717) is 22.4 Å². The first-order valence-corrected chi connectivity index (χ1v) is 6.87. The summed E-state index contributed by atoms with van der Waals surface area (Å²) in [5.74, 6) is 0.264. The molecule has 0 atom stereocenters. The number of hydrogen-bond acceptors (Lipinski definition) is 3. The van der Waals surface area contributed by atoms with Crippen molar-refractivity contribution in [3.05, 3.63) is 57.8 Å². The second-order valence-electron chi connectivity index (χ2n) is 4.24. The summed E-state index contributed by atoms with van der Waals surface area (Å²) in [7, 11) is 1.62. The van der Waals surface area contributed by atoms with Gasteiger partial charge in [0.05, 0.1) is 11.1 Å². The monoisotopic (exact) mass is 339 g/mol. The molecule has 20 heavy (non-hydrogen) atoms. The molecule has 0 aliphatic heterocycles. The molecule has 106 valence electrons. The van der Waals surface area contributed by atoms with Crippen molar-refractivity contribution < 1.29 is 13.9 Å².